The van der Waals surface area contributed by atoms with Crippen molar-refractivity contribution in [3.05, 3.63) is 60.0 Å². The fourth-order valence-electron chi connectivity index (χ4n) is 2.15. The quantitative estimate of drug-likeness (QED) is 0.785. The zero-order valence-corrected chi connectivity index (χ0v) is 11.8. The summed E-state index contributed by atoms with van der Waals surface area (Å²) in [6.07, 6.45) is 3.60. The van der Waals surface area contributed by atoms with Gasteiger partial charge in [-0.25, -0.2) is 4.98 Å². The number of nitrogens with zero attached hydrogens (tertiary/aromatic N) is 3. The zero-order chi connectivity index (χ0) is 15.0. The lowest BCUT2D eigenvalue weighted by atomic mass is 10.2. The number of rotatable bonds is 2. The lowest BCUT2D eigenvalue weighted by Gasteiger charge is -2.15. The van der Waals surface area contributed by atoms with Crippen LogP contribution < -0.4 is 4.90 Å². The number of hydrogen-bond acceptors (Lipinski definition) is 3. The Balaban J connectivity index is 1.94. The second kappa shape index (κ2) is 4.94. The first-order valence-corrected chi connectivity index (χ1v) is 6.57. The van der Waals surface area contributed by atoms with Gasteiger partial charge in [-0.2, -0.15) is 0 Å². The molecule has 1 amide bonds. The fourth-order valence-corrected chi connectivity index (χ4v) is 2.15. The van der Waals surface area contributed by atoms with Gasteiger partial charge in [0.05, 0.1) is 0 Å². The van der Waals surface area contributed by atoms with Crippen LogP contribution in [0.4, 0.5) is 5.69 Å². The van der Waals surface area contributed by atoms with Crippen molar-refractivity contribution in [2.24, 2.45) is 0 Å². The molecule has 0 aliphatic rings. The average molecular weight is 281 g/mol. The molecule has 5 heteroatoms. The molecule has 0 bridgehead atoms. The zero-order valence-electron chi connectivity index (χ0n) is 11.8. The third kappa shape index (κ3) is 2.45. The van der Waals surface area contributed by atoms with E-state index in [1.807, 2.05) is 29.7 Å². The molecular weight excluding hydrogens is 266 g/mol. The van der Waals surface area contributed by atoms with E-state index in [9.17, 15) is 9.90 Å². The van der Waals surface area contributed by atoms with Crippen LogP contribution in [0.1, 0.15) is 16.1 Å². The summed E-state index contributed by atoms with van der Waals surface area (Å²) in [5.41, 5.74) is 2.93. The number of carbonyl (C=O) groups is 1. The van der Waals surface area contributed by atoms with Gasteiger partial charge in [-0.3, -0.25) is 4.79 Å². The summed E-state index contributed by atoms with van der Waals surface area (Å²) in [5.74, 6) is -0.0233. The van der Waals surface area contributed by atoms with Crippen LogP contribution in [0.2, 0.25) is 0 Å². The van der Waals surface area contributed by atoms with Gasteiger partial charge in [0.15, 0.2) is 0 Å². The molecule has 2 heterocycles. The molecule has 0 unspecified atom stereocenters. The maximum absolute atomic E-state index is 12.5. The molecule has 0 saturated heterocycles. The van der Waals surface area contributed by atoms with Crippen LogP contribution in [0.15, 0.2) is 48.8 Å². The highest BCUT2D eigenvalue weighted by Gasteiger charge is 2.17. The third-order valence-electron chi connectivity index (χ3n) is 3.38. The molecule has 2 aromatic heterocycles. The second-order valence-electron chi connectivity index (χ2n) is 4.98. The van der Waals surface area contributed by atoms with E-state index in [0.717, 1.165) is 11.2 Å². The second-order valence-corrected chi connectivity index (χ2v) is 4.98. The Morgan fingerprint density at radius 1 is 1.24 bits per heavy atom. The molecule has 0 aliphatic heterocycles. The number of benzene rings is 1. The first-order valence-electron chi connectivity index (χ1n) is 6.57. The highest BCUT2D eigenvalue weighted by atomic mass is 16.3. The molecule has 5 nitrogen and oxygen atoms in total. The summed E-state index contributed by atoms with van der Waals surface area (Å²) in [6, 6.07) is 10.4. The monoisotopic (exact) mass is 281 g/mol. The Bertz CT molecular complexity index is 806. The average Bonchev–Trinajstić information content (AvgIpc) is 2.89. The van der Waals surface area contributed by atoms with Crippen LogP contribution in [0.25, 0.3) is 5.65 Å². The number of aryl methyl sites for hydroxylation is 1. The molecule has 3 rings (SSSR count). The Hall–Kier alpha value is -2.82. The van der Waals surface area contributed by atoms with Crippen LogP contribution >= 0.6 is 0 Å². The van der Waals surface area contributed by atoms with Gasteiger partial charge in [0.1, 0.15) is 17.1 Å². The molecule has 0 fully saturated rings. The van der Waals surface area contributed by atoms with Gasteiger partial charge in [-0.15, -0.1) is 0 Å². The smallest absolute Gasteiger partial charge is 0.278 e. The molecule has 0 spiro atoms. The van der Waals surface area contributed by atoms with E-state index in [2.05, 4.69) is 4.98 Å². The van der Waals surface area contributed by atoms with Crippen LogP contribution in [0, 0.1) is 6.92 Å². The Kier molecular flexibility index (Phi) is 3.10. The van der Waals surface area contributed by atoms with E-state index in [-0.39, 0.29) is 11.7 Å². The number of phenolic OH excluding ortho intramolecular Hbond substituents is 1. The maximum Gasteiger partial charge on any atom is 0.278 e. The summed E-state index contributed by atoms with van der Waals surface area (Å²) in [6.45, 7) is 1.98. The molecular formula is C16H15N3O2. The van der Waals surface area contributed by atoms with Gasteiger partial charge in [0.25, 0.3) is 5.91 Å². The van der Waals surface area contributed by atoms with Gasteiger partial charge < -0.3 is 14.4 Å². The van der Waals surface area contributed by atoms with Crippen molar-refractivity contribution in [2.75, 3.05) is 11.9 Å². The number of anilines is 1. The number of carbonyl (C=O) groups excluding carboxylic acids is 1. The molecule has 0 saturated carbocycles. The van der Waals surface area contributed by atoms with Crippen LogP contribution in [0.3, 0.4) is 0 Å². The van der Waals surface area contributed by atoms with Crippen molar-refractivity contribution in [2.45, 2.75) is 6.92 Å². The maximum atomic E-state index is 12.5. The number of imidazole rings is 1. The predicted octanol–water partition coefficient (Wildman–Crippen LogP) is 2.62. The van der Waals surface area contributed by atoms with Crippen molar-refractivity contribution in [1.82, 2.24) is 9.38 Å². The number of aromatic hydroxyl groups is 1. The lowest BCUT2D eigenvalue weighted by Crippen LogP contribution is -2.26. The summed E-state index contributed by atoms with van der Waals surface area (Å²) >= 11 is 0. The van der Waals surface area contributed by atoms with E-state index >= 15 is 0 Å². The first-order chi connectivity index (χ1) is 10.0. The predicted molar refractivity (Wildman–Crippen MR) is 80.8 cm³/mol. The van der Waals surface area contributed by atoms with E-state index in [0.29, 0.717) is 11.4 Å². The summed E-state index contributed by atoms with van der Waals surface area (Å²) in [4.78, 5) is 18.3. The molecule has 0 radical (unpaired) electrons. The van der Waals surface area contributed by atoms with E-state index < -0.39 is 0 Å². The Morgan fingerprint density at radius 2 is 1.95 bits per heavy atom. The lowest BCUT2D eigenvalue weighted by molar-refractivity contribution is 0.0989. The van der Waals surface area contributed by atoms with Crippen LogP contribution in [-0.4, -0.2) is 27.4 Å². The molecule has 1 aromatic carbocycles. The van der Waals surface area contributed by atoms with Gasteiger partial charge >= 0.3 is 0 Å². The fraction of sp³-hybridized carbons (Fsp3) is 0.125. The number of pyridine rings is 1. The SMILES string of the molecule is Cc1ccn2cc(C(=O)N(C)c3ccc(O)cc3)nc2c1. The minimum absolute atomic E-state index is 0.169. The Morgan fingerprint density at radius 3 is 2.67 bits per heavy atom. The van der Waals surface area contributed by atoms with Crippen LogP contribution in [-0.2, 0) is 0 Å². The molecule has 3 aromatic rings. The minimum Gasteiger partial charge on any atom is -0.508 e. The van der Waals surface area contributed by atoms with Crippen molar-refractivity contribution in [3.8, 4) is 5.75 Å². The van der Waals surface area contributed by atoms with Crippen molar-refractivity contribution >= 4 is 17.2 Å². The number of fused-ring (bicyclic) bond motifs is 1. The van der Waals surface area contributed by atoms with Gasteiger partial charge in [-0.1, -0.05) is 0 Å². The van der Waals surface area contributed by atoms with E-state index in [4.69, 9.17) is 0 Å². The first kappa shape index (κ1) is 13.2. The minimum atomic E-state index is -0.193. The van der Waals surface area contributed by atoms with E-state index in [1.165, 1.54) is 4.90 Å². The molecule has 106 valence electrons. The molecule has 1 N–H and O–H groups in total. The van der Waals surface area contributed by atoms with Crippen LogP contribution in [0.5, 0.6) is 5.75 Å². The summed E-state index contributed by atoms with van der Waals surface area (Å²) in [7, 11) is 1.68. The third-order valence-corrected chi connectivity index (χ3v) is 3.38. The number of amides is 1. The molecule has 0 aliphatic carbocycles. The standard InChI is InChI=1S/C16H15N3O2/c1-11-7-8-19-10-14(17-15(19)9-11)16(21)18(2)12-3-5-13(20)6-4-12/h3-10,20H,1-2H3. The van der Waals surface area contributed by atoms with Gasteiger partial charge in [-0.05, 0) is 48.9 Å². The number of hydrogen-bond donors (Lipinski definition) is 1. The van der Waals surface area contributed by atoms with E-state index in [1.54, 1.807) is 37.5 Å². The van der Waals surface area contributed by atoms with Crippen molar-refractivity contribution in [1.29, 1.82) is 0 Å². The molecule has 0 atom stereocenters. The highest BCUT2D eigenvalue weighted by Crippen LogP contribution is 2.19. The van der Waals surface area contributed by atoms with Gasteiger partial charge in [0.2, 0.25) is 0 Å². The van der Waals surface area contributed by atoms with Crippen molar-refractivity contribution < 1.29 is 9.90 Å². The topological polar surface area (TPSA) is 57.8 Å². The van der Waals surface area contributed by atoms with Crippen molar-refractivity contribution in [3.63, 3.8) is 0 Å². The number of phenols is 1. The summed E-state index contributed by atoms with van der Waals surface area (Å²) < 4.78 is 1.82. The molecule has 21 heavy (non-hydrogen) atoms. The Labute approximate surface area is 122 Å². The largest absolute Gasteiger partial charge is 0.508 e. The normalized spacial score (nSPS) is 10.8. The highest BCUT2D eigenvalue weighted by molar-refractivity contribution is 6.04. The van der Waals surface area contributed by atoms with Gasteiger partial charge in [0, 0.05) is 25.1 Å². The summed E-state index contributed by atoms with van der Waals surface area (Å²) in [5, 5.41) is 9.30. The number of aromatic nitrogens is 2.